The Morgan fingerprint density at radius 3 is 2.89 bits per heavy atom. The number of nitrogens with one attached hydrogen (secondary N) is 2. The first-order valence-corrected chi connectivity index (χ1v) is 6.34. The summed E-state index contributed by atoms with van der Waals surface area (Å²) in [6.45, 7) is 5.54. The topological polar surface area (TPSA) is 96.7 Å². The number of hydrogen-bond acceptors (Lipinski definition) is 4. The molecule has 0 bridgehead atoms. The molecule has 0 aliphatic rings. The molecule has 6 heteroatoms. The third-order valence-electron chi connectivity index (χ3n) is 3.00. The van der Waals surface area contributed by atoms with Crippen molar-refractivity contribution in [2.45, 2.75) is 39.5 Å². The van der Waals surface area contributed by atoms with Crippen LogP contribution in [-0.4, -0.2) is 34.2 Å². The molecule has 0 aromatic carbocycles. The van der Waals surface area contributed by atoms with Crippen molar-refractivity contribution in [2.75, 3.05) is 13.1 Å². The van der Waals surface area contributed by atoms with Gasteiger partial charge in [-0.2, -0.15) is 5.10 Å². The minimum absolute atomic E-state index is 0.0830. The third kappa shape index (κ3) is 5.77. The minimum Gasteiger partial charge on any atom is -0.356 e. The van der Waals surface area contributed by atoms with Gasteiger partial charge in [-0.25, -0.2) is 4.98 Å². The molecule has 0 spiro atoms. The van der Waals surface area contributed by atoms with Gasteiger partial charge in [0, 0.05) is 19.4 Å². The average molecular weight is 253 g/mol. The standard InChI is InChI=1S/C12H23N5O/c1-12(2,6-7-13)5-3-11(18)14-8-4-10-15-9-16-17-10/h9H,3-8,13H2,1-2H3,(H,14,18)(H,15,16,17). The monoisotopic (exact) mass is 253 g/mol. The fourth-order valence-corrected chi connectivity index (χ4v) is 1.73. The van der Waals surface area contributed by atoms with Gasteiger partial charge in [-0.15, -0.1) is 0 Å². The van der Waals surface area contributed by atoms with E-state index in [0.29, 0.717) is 25.9 Å². The number of nitrogens with two attached hydrogens (primary N) is 1. The van der Waals surface area contributed by atoms with Crippen molar-refractivity contribution < 1.29 is 4.79 Å². The molecule has 4 N–H and O–H groups in total. The lowest BCUT2D eigenvalue weighted by Gasteiger charge is -2.23. The molecule has 0 fully saturated rings. The van der Waals surface area contributed by atoms with Gasteiger partial charge in [-0.1, -0.05) is 13.8 Å². The zero-order chi connectivity index (χ0) is 13.4. The summed E-state index contributed by atoms with van der Waals surface area (Å²) in [7, 11) is 0. The molecular weight excluding hydrogens is 230 g/mol. The van der Waals surface area contributed by atoms with E-state index in [2.05, 4.69) is 34.3 Å². The Bertz CT molecular complexity index is 347. The van der Waals surface area contributed by atoms with Gasteiger partial charge in [-0.3, -0.25) is 9.89 Å². The molecule has 0 aliphatic carbocycles. The van der Waals surface area contributed by atoms with Crippen molar-refractivity contribution in [1.29, 1.82) is 0 Å². The molecule has 1 aromatic heterocycles. The molecule has 0 unspecified atom stereocenters. The van der Waals surface area contributed by atoms with Gasteiger partial charge in [-0.05, 0) is 24.8 Å². The number of amides is 1. The van der Waals surface area contributed by atoms with Gasteiger partial charge >= 0.3 is 0 Å². The first-order chi connectivity index (χ1) is 8.53. The van der Waals surface area contributed by atoms with E-state index in [-0.39, 0.29) is 11.3 Å². The van der Waals surface area contributed by atoms with Crippen LogP contribution in [0.25, 0.3) is 0 Å². The van der Waals surface area contributed by atoms with E-state index < -0.39 is 0 Å². The van der Waals surface area contributed by atoms with Crippen LogP contribution in [0.3, 0.4) is 0 Å². The molecule has 0 aliphatic heterocycles. The molecular formula is C12H23N5O. The van der Waals surface area contributed by atoms with Gasteiger partial charge in [0.05, 0.1) is 0 Å². The van der Waals surface area contributed by atoms with Crippen LogP contribution in [0.15, 0.2) is 6.33 Å². The number of H-pyrrole nitrogens is 1. The van der Waals surface area contributed by atoms with Gasteiger partial charge in [0.2, 0.25) is 5.91 Å². The van der Waals surface area contributed by atoms with Crippen molar-refractivity contribution in [2.24, 2.45) is 11.1 Å². The predicted molar refractivity (Wildman–Crippen MR) is 69.8 cm³/mol. The maximum Gasteiger partial charge on any atom is 0.220 e. The fraction of sp³-hybridized carbons (Fsp3) is 0.750. The first kappa shape index (κ1) is 14.6. The highest BCUT2D eigenvalue weighted by molar-refractivity contribution is 5.75. The maximum absolute atomic E-state index is 11.6. The Morgan fingerprint density at radius 1 is 1.50 bits per heavy atom. The minimum atomic E-state index is 0.0830. The van der Waals surface area contributed by atoms with E-state index in [4.69, 9.17) is 5.73 Å². The second-order valence-corrected chi connectivity index (χ2v) is 5.24. The van der Waals surface area contributed by atoms with Gasteiger partial charge < -0.3 is 11.1 Å². The van der Waals surface area contributed by atoms with Crippen molar-refractivity contribution in [3.05, 3.63) is 12.2 Å². The quantitative estimate of drug-likeness (QED) is 0.632. The van der Waals surface area contributed by atoms with Crippen LogP contribution >= 0.6 is 0 Å². The van der Waals surface area contributed by atoms with Crippen molar-refractivity contribution in [3.8, 4) is 0 Å². The Hall–Kier alpha value is -1.43. The first-order valence-electron chi connectivity index (χ1n) is 6.34. The number of carbonyl (C=O) groups excluding carboxylic acids is 1. The lowest BCUT2D eigenvalue weighted by atomic mass is 9.84. The number of carbonyl (C=O) groups is 1. The fourth-order valence-electron chi connectivity index (χ4n) is 1.73. The zero-order valence-electron chi connectivity index (χ0n) is 11.2. The van der Waals surface area contributed by atoms with E-state index in [1.165, 1.54) is 6.33 Å². The number of nitrogens with zero attached hydrogens (tertiary/aromatic N) is 2. The summed E-state index contributed by atoms with van der Waals surface area (Å²) in [5.41, 5.74) is 5.67. The highest BCUT2D eigenvalue weighted by atomic mass is 16.1. The Kier molecular flexibility index (Phi) is 5.77. The molecule has 0 radical (unpaired) electrons. The predicted octanol–water partition coefficient (Wildman–Crippen LogP) is 0.619. The third-order valence-corrected chi connectivity index (χ3v) is 3.00. The summed E-state index contributed by atoms with van der Waals surface area (Å²) in [6, 6.07) is 0. The molecule has 1 rings (SSSR count). The molecule has 102 valence electrons. The summed E-state index contributed by atoms with van der Waals surface area (Å²) >= 11 is 0. The Labute approximate surface area is 108 Å². The average Bonchev–Trinajstić information content (AvgIpc) is 2.79. The van der Waals surface area contributed by atoms with Crippen LogP contribution < -0.4 is 11.1 Å². The highest BCUT2D eigenvalue weighted by Gasteiger charge is 2.18. The molecule has 0 atom stereocenters. The van der Waals surface area contributed by atoms with E-state index >= 15 is 0 Å². The Morgan fingerprint density at radius 2 is 2.28 bits per heavy atom. The molecule has 0 saturated heterocycles. The van der Waals surface area contributed by atoms with Gasteiger partial charge in [0.15, 0.2) is 0 Å². The van der Waals surface area contributed by atoms with Crippen molar-refractivity contribution in [1.82, 2.24) is 20.5 Å². The van der Waals surface area contributed by atoms with Crippen LogP contribution in [-0.2, 0) is 11.2 Å². The van der Waals surface area contributed by atoms with E-state index in [0.717, 1.165) is 18.7 Å². The number of aromatic nitrogens is 3. The smallest absolute Gasteiger partial charge is 0.220 e. The van der Waals surface area contributed by atoms with E-state index in [1.807, 2.05) is 0 Å². The number of hydrogen-bond donors (Lipinski definition) is 3. The molecule has 18 heavy (non-hydrogen) atoms. The molecule has 1 amide bonds. The van der Waals surface area contributed by atoms with Crippen molar-refractivity contribution >= 4 is 5.91 Å². The van der Waals surface area contributed by atoms with Crippen LogP contribution in [0.2, 0.25) is 0 Å². The van der Waals surface area contributed by atoms with Gasteiger partial charge in [0.25, 0.3) is 0 Å². The molecule has 6 nitrogen and oxygen atoms in total. The highest BCUT2D eigenvalue weighted by Crippen LogP contribution is 2.25. The lowest BCUT2D eigenvalue weighted by Crippen LogP contribution is -2.27. The molecule has 1 heterocycles. The van der Waals surface area contributed by atoms with Crippen molar-refractivity contribution in [3.63, 3.8) is 0 Å². The molecule has 1 aromatic rings. The summed E-state index contributed by atoms with van der Waals surface area (Å²) in [6.07, 6.45) is 4.49. The summed E-state index contributed by atoms with van der Waals surface area (Å²) < 4.78 is 0. The van der Waals surface area contributed by atoms with Crippen LogP contribution in [0.5, 0.6) is 0 Å². The van der Waals surface area contributed by atoms with E-state index in [9.17, 15) is 4.79 Å². The summed E-state index contributed by atoms with van der Waals surface area (Å²) in [5, 5.41) is 9.38. The van der Waals surface area contributed by atoms with E-state index in [1.54, 1.807) is 0 Å². The van der Waals surface area contributed by atoms with Crippen LogP contribution in [0.4, 0.5) is 0 Å². The normalized spacial score (nSPS) is 11.5. The van der Waals surface area contributed by atoms with Crippen LogP contribution in [0.1, 0.15) is 38.9 Å². The maximum atomic E-state index is 11.6. The van der Waals surface area contributed by atoms with Gasteiger partial charge in [0.1, 0.15) is 12.2 Å². The lowest BCUT2D eigenvalue weighted by molar-refractivity contribution is -0.121. The zero-order valence-corrected chi connectivity index (χ0v) is 11.2. The number of rotatable bonds is 8. The second-order valence-electron chi connectivity index (χ2n) is 5.24. The SMILES string of the molecule is CC(C)(CCN)CCC(=O)NCCc1ncn[nH]1. The molecule has 0 saturated carbocycles. The Balaban J connectivity index is 2.14. The second kappa shape index (κ2) is 7.10. The summed E-state index contributed by atoms with van der Waals surface area (Å²) in [5.74, 6) is 0.873. The van der Waals surface area contributed by atoms with Crippen LogP contribution in [0, 0.1) is 5.41 Å². The largest absolute Gasteiger partial charge is 0.356 e. The number of aromatic amines is 1. The summed E-state index contributed by atoms with van der Waals surface area (Å²) in [4.78, 5) is 15.6.